The number of ether oxygens (including phenoxy) is 1. The number of thioether (sulfide) groups is 1. The van der Waals surface area contributed by atoms with Gasteiger partial charge in [-0.05, 0) is 48.9 Å². The number of hydrogen-bond acceptors (Lipinski definition) is 8. The van der Waals surface area contributed by atoms with Crippen LogP contribution in [0.2, 0.25) is 5.02 Å². The van der Waals surface area contributed by atoms with E-state index in [4.69, 9.17) is 16.3 Å². The molecule has 0 N–H and O–H groups in total. The first-order valence-electron chi connectivity index (χ1n) is 12.0. The molecule has 2 aliphatic rings. The maximum absolute atomic E-state index is 13.6. The molecule has 1 fully saturated rings. The topological polar surface area (TPSA) is 111 Å². The van der Waals surface area contributed by atoms with Gasteiger partial charge in [-0.2, -0.15) is 4.31 Å². The first-order chi connectivity index (χ1) is 18.2. The van der Waals surface area contributed by atoms with Gasteiger partial charge in [0.15, 0.2) is 0 Å². The Bertz CT molecular complexity index is 1580. The molecule has 1 atom stereocenters. The lowest BCUT2D eigenvalue weighted by Gasteiger charge is -2.39. The van der Waals surface area contributed by atoms with Crippen LogP contribution in [-0.4, -0.2) is 71.8 Å². The Morgan fingerprint density at radius 2 is 1.90 bits per heavy atom. The lowest BCUT2D eigenvalue weighted by Crippen LogP contribution is -3.00. The lowest BCUT2D eigenvalue weighted by molar-refractivity contribution is -0.145. The third kappa shape index (κ3) is 6.24. The highest BCUT2D eigenvalue weighted by atomic mass is 127. The van der Waals surface area contributed by atoms with Crippen LogP contribution in [-0.2, 0) is 24.3 Å². The van der Waals surface area contributed by atoms with Gasteiger partial charge in [0.25, 0.3) is 5.69 Å². The van der Waals surface area contributed by atoms with Gasteiger partial charge in [0.2, 0.25) is 10.0 Å². The molecule has 3 aromatic rings. The highest BCUT2D eigenvalue weighted by Crippen LogP contribution is 2.34. The van der Waals surface area contributed by atoms with Crippen molar-refractivity contribution in [1.29, 1.82) is 0 Å². The number of carbonyl (C=O) groups is 2. The fourth-order valence-corrected chi connectivity index (χ4v) is 7.11. The molecule has 1 radical (unpaired) electrons. The maximum atomic E-state index is 13.6. The summed E-state index contributed by atoms with van der Waals surface area (Å²) >= 11 is 7.28. The van der Waals surface area contributed by atoms with E-state index in [1.165, 1.54) is 21.0 Å². The first-order valence-corrected chi connectivity index (χ1v) is 14.7. The second-order valence-corrected chi connectivity index (χ2v) is 12.4. The minimum Gasteiger partial charge on any atom is -1.00 e. The molecule has 205 valence electrons. The molecule has 0 spiro atoms. The van der Waals surface area contributed by atoms with E-state index in [1.54, 1.807) is 55.6 Å². The fourth-order valence-electron chi connectivity index (χ4n) is 4.55. The average molecular weight is 700 g/mol. The van der Waals surface area contributed by atoms with Crippen LogP contribution in [0, 0.1) is 6.92 Å². The number of carbonyl (C=O) groups excluding carboxylic acids is 2. The van der Waals surface area contributed by atoms with Crippen LogP contribution >= 0.6 is 23.4 Å². The molecule has 13 heteroatoms. The minimum absolute atomic E-state index is 0. The van der Waals surface area contributed by atoms with Gasteiger partial charge in [0.05, 0.1) is 29.0 Å². The summed E-state index contributed by atoms with van der Waals surface area (Å²) in [4.78, 5) is 37.1. The number of nitrogens with zero attached hydrogens (tertiary/aromatic N) is 4. The first kappa shape index (κ1) is 29.7. The molecule has 5 rings (SSSR count). The number of fused-ring (bicyclic) bond motifs is 2. The van der Waals surface area contributed by atoms with E-state index in [2.05, 4.69) is 9.98 Å². The molecule has 1 aromatic heterocycles. The Hall–Kier alpha value is -2.26. The van der Waals surface area contributed by atoms with Crippen molar-refractivity contribution in [2.75, 3.05) is 26.2 Å². The number of piperazine rings is 1. The lowest BCUT2D eigenvalue weighted by atomic mass is 10.1. The molecule has 2 aliphatic heterocycles. The molecule has 0 aliphatic carbocycles. The summed E-state index contributed by atoms with van der Waals surface area (Å²) in [6.07, 6.45) is 1.55. The molecule has 0 bridgehead atoms. The van der Waals surface area contributed by atoms with Crippen molar-refractivity contribution in [1.82, 2.24) is 19.2 Å². The number of aromatic nitrogens is 1. The zero-order valence-electron chi connectivity index (χ0n) is 21.1. The van der Waals surface area contributed by atoms with E-state index in [1.807, 2.05) is 6.92 Å². The summed E-state index contributed by atoms with van der Waals surface area (Å²) in [6.45, 7) is 3.88. The third-order valence-electron chi connectivity index (χ3n) is 6.42. The van der Waals surface area contributed by atoms with Gasteiger partial charge in [-0.25, -0.2) is 8.42 Å². The number of aryl methyl sites for hydroxylation is 1. The van der Waals surface area contributed by atoms with E-state index in [9.17, 15) is 18.0 Å². The summed E-state index contributed by atoms with van der Waals surface area (Å²) in [5.74, 6) is -0.848. The summed E-state index contributed by atoms with van der Waals surface area (Å²) < 4.78 is 33.7. The van der Waals surface area contributed by atoms with Gasteiger partial charge in [0, 0.05) is 54.4 Å². The number of rotatable bonds is 6. The molecular formula is C26H25ClIN4O5S2. The summed E-state index contributed by atoms with van der Waals surface area (Å²) in [5, 5.41) is 2.40. The molecule has 0 saturated carbocycles. The van der Waals surface area contributed by atoms with Crippen molar-refractivity contribution in [2.45, 2.75) is 36.1 Å². The summed E-state index contributed by atoms with van der Waals surface area (Å²) in [5.41, 5.74) is 1.46. The normalized spacial score (nSPS) is 17.4. The Kier molecular flexibility index (Phi) is 9.21. The number of aliphatic imine (C=N–C) groups is 1. The van der Waals surface area contributed by atoms with Gasteiger partial charge >= 0.3 is 16.9 Å². The van der Waals surface area contributed by atoms with Crippen LogP contribution in [0.25, 0.3) is 10.8 Å². The number of sulfonamides is 1. The highest BCUT2D eigenvalue weighted by molar-refractivity contribution is 8.16. The van der Waals surface area contributed by atoms with Gasteiger partial charge < -0.3 is 33.6 Å². The van der Waals surface area contributed by atoms with E-state index in [-0.39, 0.29) is 72.5 Å². The van der Waals surface area contributed by atoms with Crippen LogP contribution in [0.5, 0.6) is 0 Å². The number of amides is 1. The molecule has 1 amide bonds. The highest BCUT2D eigenvalue weighted by Gasteiger charge is 2.44. The predicted octanol–water partition coefficient (Wildman–Crippen LogP) is 0.527. The maximum Gasteiger partial charge on any atom is 0.381 e. The monoisotopic (exact) mass is 699 g/mol. The standard InChI is InChI=1S/C26H25ClN4O5S2.HI/c1-3-36-24(32)13-20-15-30(38(34,35)21-7-5-17-11-19(27)6-4-18(17)12-21)8-9-31(20)26(33)25-29-22-10-16(2)28-14-23(22)37-25;/h4-7,10-12,14,20H,3,8-9,13,15H2,1-2H3;1H/q+1;/p-1. The largest absolute Gasteiger partial charge is 1.00 e. The van der Waals surface area contributed by atoms with Gasteiger partial charge in [-0.1, -0.05) is 23.7 Å². The average Bonchev–Trinajstić information content (AvgIpc) is 3.31. The quantitative estimate of drug-likeness (QED) is 0.273. The Balaban J connectivity index is 0.00000353. The van der Waals surface area contributed by atoms with Crippen LogP contribution < -0.4 is 29.0 Å². The van der Waals surface area contributed by atoms with Gasteiger partial charge in [-0.3, -0.25) is 14.6 Å². The summed E-state index contributed by atoms with van der Waals surface area (Å²) in [7, 11) is -3.89. The minimum atomic E-state index is -3.89. The zero-order chi connectivity index (χ0) is 27.0. The molecular weight excluding hydrogens is 675 g/mol. The van der Waals surface area contributed by atoms with E-state index >= 15 is 0 Å². The van der Waals surface area contributed by atoms with Crippen molar-refractivity contribution >= 4 is 66.8 Å². The van der Waals surface area contributed by atoms with Crippen molar-refractivity contribution in [3.8, 4) is 0 Å². The number of halogens is 2. The van der Waals surface area contributed by atoms with Crippen LogP contribution in [0.15, 0.2) is 58.5 Å². The van der Waals surface area contributed by atoms with Crippen molar-refractivity contribution in [2.24, 2.45) is 0 Å². The molecule has 1 unspecified atom stereocenters. The molecule has 1 saturated heterocycles. The SMILES string of the molecule is CCOC(=O)CC1CN(S(=O)(=O)c2ccc3cc(Cl)ccc3c2)CCN1C(=O)C1=[N+]c2cc(C)ncc2S1.[I-]. The fraction of sp³-hybridized carbons (Fsp3) is 0.308. The predicted molar refractivity (Wildman–Crippen MR) is 146 cm³/mol. The molecule has 39 heavy (non-hydrogen) atoms. The van der Waals surface area contributed by atoms with E-state index in [0.717, 1.165) is 21.4 Å². The number of esters is 1. The Morgan fingerprint density at radius 1 is 1.15 bits per heavy atom. The number of pyridine rings is 1. The second kappa shape index (κ2) is 12.1. The van der Waals surface area contributed by atoms with Crippen LogP contribution in [0.1, 0.15) is 19.0 Å². The molecule has 3 heterocycles. The number of benzene rings is 2. The molecule has 9 nitrogen and oxygen atoms in total. The zero-order valence-corrected chi connectivity index (χ0v) is 25.7. The van der Waals surface area contributed by atoms with Gasteiger partial charge in [0.1, 0.15) is 4.90 Å². The van der Waals surface area contributed by atoms with E-state index < -0.39 is 22.0 Å². The van der Waals surface area contributed by atoms with Crippen LogP contribution in [0.4, 0.5) is 5.69 Å². The van der Waals surface area contributed by atoms with Crippen LogP contribution in [0.3, 0.4) is 0 Å². The van der Waals surface area contributed by atoms with Crippen molar-refractivity contribution in [3.63, 3.8) is 0 Å². The van der Waals surface area contributed by atoms with Gasteiger partial charge in [-0.15, -0.1) is 0 Å². The number of hydrogen-bond donors (Lipinski definition) is 0. The van der Waals surface area contributed by atoms with E-state index in [0.29, 0.717) is 10.7 Å². The summed E-state index contributed by atoms with van der Waals surface area (Å²) in [6, 6.07) is 11.2. The van der Waals surface area contributed by atoms with Crippen molar-refractivity contribution < 1.29 is 46.7 Å². The Morgan fingerprint density at radius 3 is 2.67 bits per heavy atom. The molecule has 2 aromatic carbocycles. The third-order valence-corrected chi connectivity index (χ3v) is 9.51. The Labute approximate surface area is 253 Å². The second-order valence-electron chi connectivity index (χ2n) is 8.99. The van der Waals surface area contributed by atoms with Crippen molar-refractivity contribution in [3.05, 3.63) is 59.4 Å². The smallest absolute Gasteiger partial charge is 0.381 e.